The SMILES string of the molecule is CCS(=O)(=O)Nc1ccc(C(=O)N2CCOC[C@H](O)C2)cc1. The Morgan fingerprint density at radius 3 is 2.73 bits per heavy atom. The van der Waals surface area contributed by atoms with Crippen LogP contribution >= 0.6 is 0 Å². The number of hydrogen-bond acceptors (Lipinski definition) is 5. The number of carbonyl (C=O) groups is 1. The molecule has 22 heavy (non-hydrogen) atoms. The highest BCUT2D eigenvalue weighted by Crippen LogP contribution is 2.14. The Balaban J connectivity index is 2.07. The van der Waals surface area contributed by atoms with E-state index in [4.69, 9.17) is 4.74 Å². The molecule has 0 unspecified atom stereocenters. The number of β-amino-alcohol motifs (C(OH)–C–C–N with tert-alkyl or cyclic N) is 1. The number of aliphatic hydroxyl groups excluding tert-OH is 1. The number of ether oxygens (including phenoxy) is 1. The number of nitrogens with one attached hydrogen (secondary N) is 1. The highest BCUT2D eigenvalue weighted by Gasteiger charge is 2.22. The minimum absolute atomic E-state index is 0.0145. The van der Waals surface area contributed by atoms with Crippen LogP contribution in [0.4, 0.5) is 5.69 Å². The molecule has 1 heterocycles. The first kappa shape index (κ1) is 16.7. The lowest BCUT2D eigenvalue weighted by atomic mass is 10.1. The Bertz CT molecular complexity index is 615. The molecule has 1 aromatic rings. The molecule has 2 N–H and O–H groups in total. The fourth-order valence-electron chi connectivity index (χ4n) is 2.09. The summed E-state index contributed by atoms with van der Waals surface area (Å²) in [5.74, 6) is -0.228. The summed E-state index contributed by atoms with van der Waals surface area (Å²) in [6.45, 7) is 2.80. The number of carbonyl (C=O) groups excluding carboxylic acids is 1. The number of amides is 1. The molecule has 1 saturated heterocycles. The van der Waals surface area contributed by atoms with Crippen molar-refractivity contribution in [1.82, 2.24) is 4.90 Å². The predicted molar refractivity (Wildman–Crippen MR) is 82.3 cm³/mol. The number of anilines is 1. The minimum atomic E-state index is -3.33. The predicted octanol–water partition coefficient (Wildman–Crippen LogP) is 0.282. The van der Waals surface area contributed by atoms with Gasteiger partial charge in [-0.25, -0.2) is 8.42 Å². The summed E-state index contributed by atoms with van der Waals surface area (Å²) in [6.07, 6.45) is -0.693. The van der Waals surface area contributed by atoms with E-state index in [2.05, 4.69) is 4.72 Å². The second-order valence-corrected chi connectivity index (χ2v) is 7.07. The quantitative estimate of drug-likeness (QED) is 0.828. The van der Waals surface area contributed by atoms with Gasteiger partial charge < -0.3 is 14.7 Å². The molecule has 0 aliphatic carbocycles. The van der Waals surface area contributed by atoms with Crippen LogP contribution in [-0.4, -0.2) is 62.5 Å². The molecular formula is C14H20N2O5S. The van der Waals surface area contributed by atoms with E-state index < -0.39 is 16.1 Å². The van der Waals surface area contributed by atoms with E-state index in [1.807, 2.05) is 0 Å². The standard InChI is InChI=1S/C14H20N2O5S/c1-2-22(19,20)15-12-5-3-11(4-6-12)14(18)16-7-8-21-10-13(17)9-16/h3-6,13,15,17H,2,7-10H2,1H3/t13-/m1/s1. The highest BCUT2D eigenvalue weighted by atomic mass is 32.2. The number of benzene rings is 1. The van der Waals surface area contributed by atoms with Gasteiger partial charge in [0.2, 0.25) is 10.0 Å². The molecule has 0 aromatic heterocycles. The van der Waals surface area contributed by atoms with E-state index in [1.54, 1.807) is 31.2 Å². The molecule has 0 bridgehead atoms. The topological polar surface area (TPSA) is 95.9 Å². The van der Waals surface area contributed by atoms with Crippen molar-refractivity contribution in [3.8, 4) is 0 Å². The van der Waals surface area contributed by atoms with Gasteiger partial charge in [-0.1, -0.05) is 0 Å². The molecule has 1 atom stereocenters. The largest absolute Gasteiger partial charge is 0.389 e. The molecule has 0 saturated carbocycles. The van der Waals surface area contributed by atoms with Gasteiger partial charge >= 0.3 is 0 Å². The molecule has 0 spiro atoms. The van der Waals surface area contributed by atoms with Gasteiger partial charge in [0.1, 0.15) is 0 Å². The zero-order chi connectivity index (χ0) is 16.2. The van der Waals surface area contributed by atoms with Crippen molar-refractivity contribution in [3.63, 3.8) is 0 Å². The van der Waals surface area contributed by atoms with E-state index in [-0.39, 0.29) is 24.8 Å². The van der Waals surface area contributed by atoms with Gasteiger partial charge in [-0.3, -0.25) is 9.52 Å². The Kier molecular flexibility index (Phi) is 5.38. The van der Waals surface area contributed by atoms with Crippen LogP contribution < -0.4 is 4.72 Å². The summed E-state index contributed by atoms with van der Waals surface area (Å²) in [5, 5.41) is 9.66. The lowest BCUT2D eigenvalue weighted by molar-refractivity contribution is 0.0534. The monoisotopic (exact) mass is 328 g/mol. The summed E-state index contributed by atoms with van der Waals surface area (Å²) in [6, 6.07) is 6.22. The summed E-state index contributed by atoms with van der Waals surface area (Å²) in [7, 11) is -3.33. The zero-order valence-electron chi connectivity index (χ0n) is 12.4. The maximum atomic E-state index is 12.4. The summed E-state index contributed by atoms with van der Waals surface area (Å²) in [4.78, 5) is 13.9. The maximum absolute atomic E-state index is 12.4. The van der Waals surface area contributed by atoms with Crippen LogP contribution in [0.2, 0.25) is 0 Å². The van der Waals surface area contributed by atoms with E-state index in [1.165, 1.54) is 4.90 Å². The molecule has 1 fully saturated rings. The van der Waals surface area contributed by atoms with Gasteiger partial charge in [-0.15, -0.1) is 0 Å². The number of nitrogens with zero attached hydrogens (tertiary/aromatic N) is 1. The van der Waals surface area contributed by atoms with Gasteiger partial charge in [0, 0.05) is 24.3 Å². The fraction of sp³-hybridized carbons (Fsp3) is 0.500. The number of rotatable bonds is 4. The third-order valence-electron chi connectivity index (χ3n) is 3.32. The van der Waals surface area contributed by atoms with E-state index in [0.29, 0.717) is 24.4 Å². The Labute approximate surface area is 129 Å². The van der Waals surface area contributed by atoms with Gasteiger partial charge in [0.05, 0.1) is 25.1 Å². The van der Waals surface area contributed by atoms with Crippen molar-refractivity contribution in [2.24, 2.45) is 0 Å². The second-order valence-electron chi connectivity index (χ2n) is 5.06. The van der Waals surface area contributed by atoms with E-state index >= 15 is 0 Å². The van der Waals surface area contributed by atoms with Crippen molar-refractivity contribution < 1.29 is 23.1 Å². The highest BCUT2D eigenvalue weighted by molar-refractivity contribution is 7.92. The Hall–Kier alpha value is -1.64. The average molecular weight is 328 g/mol. The van der Waals surface area contributed by atoms with Crippen LogP contribution in [0, 0.1) is 0 Å². The van der Waals surface area contributed by atoms with Crippen LogP contribution in [-0.2, 0) is 14.8 Å². The van der Waals surface area contributed by atoms with Gasteiger partial charge in [0.15, 0.2) is 0 Å². The van der Waals surface area contributed by atoms with Crippen molar-refractivity contribution in [1.29, 1.82) is 0 Å². The molecule has 2 rings (SSSR count). The number of hydrogen-bond donors (Lipinski definition) is 2. The summed E-state index contributed by atoms with van der Waals surface area (Å²) >= 11 is 0. The average Bonchev–Trinajstić information content (AvgIpc) is 2.71. The van der Waals surface area contributed by atoms with Crippen molar-refractivity contribution in [3.05, 3.63) is 29.8 Å². The molecule has 7 nitrogen and oxygen atoms in total. The lowest BCUT2D eigenvalue weighted by Gasteiger charge is -2.21. The third-order valence-corrected chi connectivity index (χ3v) is 4.63. The van der Waals surface area contributed by atoms with Crippen LogP contribution in [0.1, 0.15) is 17.3 Å². The van der Waals surface area contributed by atoms with Crippen molar-refractivity contribution in [2.45, 2.75) is 13.0 Å². The Morgan fingerprint density at radius 2 is 2.09 bits per heavy atom. The first-order chi connectivity index (χ1) is 10.4. The first-order valence-electron chi connectivity index (χ1n) is 7.07. The van der Waals surface area contributed by atoms with Crippen LogP contribution in [0.15, 0.2) is 24.3 Å². The molecule has 1 amide bonds. The van der Waals surface area contributed by atoms with Crippen LogP contribution in [0.3, 0.4) is 0 Å². The second kappa shape index (κ2) is 7.08. The van der Waals surface area contributed by atoms with Crippen molar-refractivity contribution in [2.75, 3.05) is 36.8 Å². The van der Waals surface area contributed by atoms with E-state index in [0.717, 1.165) is 0 Å². The number of aliphatic hydroxyl groups is 1. The molecule has 1 aliphatic rings. The van der Waals surface area contributed by atoms with Gasteiger partial charge in [0.25, 0.3) is 5.91 Å². The summed E-state index contributed by atoms with van der Waals surface area (Å²) < 4.78 is 30.6. The molecular weight excluding hydrogens is 308 g/mol. The smallest absolute Gasteiger partial charge is 0.254 e. The van der Waals surface area contributed by atoms with E-state index in [9.17, 15) is 18.3 Å². The van der Waals surface area contributed by atoms with Crippen molar-refractivity contribution >= 4 is 21.6 Å². The van der Waals surface area contributed by atoms with Gasteiger partial charge in [-0.2, -0.15) is 0 Å². The van der Waals surface area contributed by atoms with Crippen LogP contribution in [0.25, 0.3) is 0 Å². The molecule has 122 valence electrons. The Morgan fingerprint density at radius 1 is 1.41 bits per heavy atom. The fourth-order valence-corrected chi connectivity index (χ4v) is 2.73. The lowest BCUT2D eigenvalue weighted by Crippen LogP contribution is -2.37. The number of sulfonamides is 1. The normalized spacial score (nSPS) is 19.5. The minimum Gasteiger partial charge on any atom is -0.389 e. The third kappa shape index (κ3) is 4.43. The van der Waals surface area contributed by atoms with Gasteiger partial charge in [-0.05, 0) is 31.2 Å². The van der Waals surface area contributed by atoms with Crippen LogP contribution in [0.5, 0.6) is 0 Å². The molecule has 1 aliphatic heterocycles. The maximum Gasteiger partial charge on any atom is 0.254 e. The molecule has 1 aromatic carbocycles. The first-order valence-corrected chi connectivity index (χ1v) is 8.72. The molecule has 8 heteroatoms. The zero-order valence-corrected chi connectivity index (χ0v) is 13.2. The molecule has 0 radical (unpaired) electrons. The summed E-state index contributed by atoms with van der Waals surface area (Å²) in [5.41, 5.74) is 0.853.